The van der Waals surface area contributed by atoms with E-state index in [0.29, 0.717) is 32.9 Å². The van der Waals surface area contributed by atoms with Crippen LogP contribution in [0.25, 0.3) is 16.6 Å². The molecule has 3 aromatic carbocycles. The number of halogens is 1. The standard InChI is InChI=1S/C26H21ClN2O6/c1-33-19-11-8-16(9-12-19)24(31)28-15-21-23(30)20-13-10-17(27)14-22(20)29(18-6-4-3-5-7-18)25(21)35-26(32)34-2/h3-14H,15H2,1-2H3,(H,28,31). The number of methoxy groups -OCH3 is 2. The van der Waals surface area contributed by atoms with Crippen molar-refractivity contribution in [1.29, 1.82) is 0 Å². The maximum absolute atomic E-state index is 13.5. The average molecular weight is 493 g/mol. The summed E-state index contributed by atoms with van der Waals surface area (Å²) >= 11 is 6.23. The zero-order valence-electron chi connectivity index (χ0n) is 18.9. The Hall–Kier alpha value is -4.30. The first-order valence-corrected chi connectivity index (χ1v) is 10.9. The molecule has 4 aromatic rings. The highest BCUT2D eigenvalue weighted by Crippen LogP contribution is 2.29. The minimum absolute atomic E-state index is 0.0657. The van der Waals surface area contributed by atoms with Crippen molar-refractivity contribution in [2.45, 2.75) is 6.54 Å². The van der Waals surface area contributed by atoms with E-state index in [4.69, 9.17) is 25.8 Å². The first kappa shape index (κ1) is 23.8. The molecule has 0 bridgehead atoms. The van der Waals surface area contributed by atoms with Gasteiger partial charge in [0.25, 0.3) is 5.91 Å². The molecule has 178 valence electrons. The van der Waals surface area contributed by atoms with Crippen LogP contribution in [0.1, 0.15) is 15.9 Å². The smallest absolute Gasteiger partial charge is 0.497 e. The van der Waals surface area contributed by atoms with E-state index in [0.717, 1.165) is 7.11 Å². The summed E-state index contributed by atoms with van der Waals surface area (Å²) in [6.07, 6.45) is -1.02. The molecule has 0 atom stereocenters. The van der Waals surface area contributed by atoms with Gasteiger partial charge in [-0.05, 0) is 54.6 Å². The fraction of sp³-hybridized carbons (Fsp3) is 0.115. The number of benzene rings is 3. The van der Waals surface area contributed by atoms with E-state index < -0.39 is 17.5 Å². The van der Waals surface area contributed by atoms with Crippen LogP contribution >= 0.6 is 11.6 Å². The van der Waals surface area contributed by atoms with Gasteiger partial charge in [-0.15, -0.1) is 0 Å². The molecule has 0 unspecified atom stereocenters. The summed E-state index contributed by atoms with van der Waals surface area (Å²) in [5.74, 6) is 0.102. The molecule has 1 heterocycles. The molecule has 0 saturated carbocycles. The van der Waals surface area contributed by atoms with Crippen molar-refractivity contribution in [3.05, 3.63) is 99.2 Å². The van der Waals surface area contributed by atoms with Crippen molar-refractivity contribution in [2.75, 3.05) is 14.2 Å². The monoisotopic (exact) mass is 492 g/mol. The van der Waals surface area contributed by atoms with Gasteiger partial charge in [0, 0.05) is 21.7 Å². The number of ether oxygens (including phenoxy) is 3. The molecule has 0 aliphatic carbocycles. The summed E-state index contributed by atoms with van der Waals surface area (Å²) < 4.78 is 16.9. The summed E-state index contributed by atoms with van der Waals surface area (Å²) in [6, 6.07) is 20.3. The number of para-hydroxylation sites is 1. The molecule has 4 rings (SSSR count). The number of nitrogens with zero attached hydrogens (tertiary/aromatic N) is 1. The number of nitrogens with one attached hydrogen (secondary N) is 1. The van der Waals surface area contributed by atoms with Crippen LogP contribution in [0.15, 0.2) is 77.6 Å². The summed E-state index contributed by atoms with van der Waals surface area (Å²) in [5, 5.41) is 3.46. The number of hydrogen-bond acceptors (Lipinski definition) is 6. The van der Waals surface area contributed by atoms with E-state index in [1.807, 2.05) is 6.07 Å². The van der Waals surface area contributed by atoms with E-state index in [1.165, 1.54) is 7.11 Å². The van der Waals surface area contributed by atoms with Gasteiger partial charge >= 0.3 is 6.16 Å². The Morgan fingerprint density at radius 1 is 0.971 bits per heavy atom. The number of carbonyl (C=O) groups excluding carboxylic acids is 2. The number of fused-ring (bicyclic) bond motifs is 1. The average Bonchev–Trinajstić information content (AvgIpc) is 2.88. The van der Waals surface area contributed by atoms with Gasteiger partial charge in [0.2, 0.25) is 5.88 Å². The van der Waals surface area contributed by atoms with Crippen molar-refractivity contribution in [2.24, 2.45) is 0 Å². The lowest BCUT2D eigenvalue weighted by Crippen LogP contribution is -2.29. The van der Waals surface area contributed by atoms with Crippen molar-refractivity contribution >= 4 is 34.6 Å². The molecule has 0 fully saturated rings. The lowest BCUT2D eigenvalue weighted by atomic mass is 10.1. The van der Waals surface area contributed by atoms with E-state index in [-0.39, 0.29) is 18.0 Å². The molecule has 35 heavy (non-hydrogen) atoms. The topological polar surface area (TPSA) is 95.9 Å². The van der Waals surface area contributed by atoms with Gasteiger partial charge in [0.1, 0.15) is 5.75 Å². The van der Waals surface area contributed by atoms with Crippen LogP contribution in [-0.2, 0) is 11.3 Å². The summed E-state index contributed by atoms with van der Waals surface area (Å²) in [6.45, 7) is -0.207. The fourth-order valence-electron chi connectivity index (χ4n) is 3.62. The number of pyridine rings is 1. The molecule has 0 spiro atoms. The molecule has 0 radical (unpaired) electrons. The number of rotatable bonds is 6. The van der Waals surface area contributed by atoms with Crippen LogP contribution in [-0.4, -0.2) is 30.8 Å². The van der Waals surface area contributed by atoms with Gasteiger partial charge in [-0.3, -0.25) is 14.2 Å². The third-order valence-corrected chi connectivity index (χ3v) is 5.55. The Kier molecular flexibility index (Phi) is 7.03. The lowest BCUT2D eigenvalue weighted by molar-refractivity contribution is 0.0950. The Balaban J connectivity index is 1.86. The molecular formula is C26H21ClN2O6. The highest BCUT2D eigenvalue weighted by molar-refractivity contribution is 6.31. The molecule has 0 aliphatic heterocycles. The van der Waals surface area contributed by atoms with Gasteiger partial charge in [-0.25, -0.2) is 4.79 Å². The van der Waals surface area contributed by atoms with Crippen LogP contribution in [0.5, 0.6) is 11.6 Å². The quantitative estimate of drug-likeness (QED) is 0.391. The van der Waals surface area contributed by atoms with Gasteiger partial charge in [0.15, 0.2) is 5.43 Å². The van der Waals surface area contributed by atoms with Crippen molar-refractivity contribution in [3.63, 3.8) is 0 Å². The third kappa shape index (κ3) is 4.97. The fourth-order valence-corrected chi connectivity index (χ4v) is 3.78. The van der Waals surface area contributed by atoms with E-state index in [2.05, 4.69) is 5.32 Å². The molecule has 9 heteroatoms. The Morgan fingerprint density at radius 3 is 2.34 bits per heavy atom. The summed E-state index contributed by atoms with van der Waals surface area (Å²) in [5.41, 5.74) is 1.06. The van der Waals surface area contributed by atoms with E-state index in [1.54, 1.807) is 71.3 Å². The highest BCUT2D eigenvalue weighted by atomic mass is 35.5. The first-order chi connectivity index (χ1) is 16.9. The van der Waals surface area contributed by atoms with Crippen LogP contribution in [0.4, 0.5) is 4.79 Å². The normalized spacial score (nSPS) is 10.6. The number of carbonyl (C=O) groups is 2. The van der Waals surface area contributed by atoms with E-state index >= 15 is 0 Å². The zero-order chi connectivity index (χ0) is 24.9. The number of hydrogen-bond donors (Lipinski definition) is 1. The molecule has 0 saturated heterocycles. The van der Waals surface area contributed by atoms with Gasteiger partial charge in [-0.1, -0.05) is 29.8 Å². The Bertz CT molecular complexity index is 1450. The minimum Gasteiger partial charge on any atom is -0.497 e. The third-order valence-electron chi connectivity index (χ3n) is 5.32. The van der Waals surface area contributed by atoms with Crippen molar-refractivity contribution in [3.8, 4) is 17.3 Å². The second-order valence-corrected chi connectivity index (χ2v) is 7.85. The predicted molar refractivity (Wildman–Crippen MR) is 132 cm³/mol. The molecule has 0 aliphatic rings. The van der Waals surface area contributed by atoms with Gasteiger partial charge in [0.05, 0.1) is 31.8 Å². The Morgan fingerprint density at radius 2 is 1.69 bits per heavy atom. The molecule has 1 N–H and O–H groups in total. The van der Waals surface area contributed by atoms with Crippen LogP contribution in [0.2, 0.25) is 5.02 Å². The van der Waals surface area contributed by atoms with E-state index in [9.17, 15) is 14.4 Å². The Labute approximate surface area is 205 Å². The van der Waals surface area contributed by atoms with Gasteiger partial charge in [-0.2, -0.15) is 0 Å². The van der Waals surface area contributed by atoms with Crippen LogP contribution < -0.4 is 20.2 Å². The maximum Gasteiger partial charge on any atom is 0.514 e. The van der Waals surface area contributed by atoms with Crippen molar-refractivity contribution < 1.29 is 23.8 Å². The minimum atomic E-state index is -1.02. The summed E-state index contributed by atoms with van der Waals surface area (Å²) in [4.78, 5) is 38.4. The lowest BCUT2D eigenvalue weighted by Gasteiger charge is -2.20. The molecule has 1 amide bonds. The maximum atomic E-state index is 13.5. The molecule has 1 aromatic heterocycles. The predicted octanol–water partition coefficient (Wildman–Crippen LogP) is 4.73. The second kappa shape index (κ2) is 10.3. The summed E-state index contributed by atoms with van der Waals surface area (Å²) in [7, 11) is 2.69. The highest BCUT2D eigenvalue weighted by Gasteiger charge is 2.23. The number of aromatic nitrogens is 1. The molecular weight excluding hydrogens is 472 g/mol. The largest absolute Gasteiger partial charge is 0.514 e. The zero-order valence-corrected chi connectivity index (χ0v) is 19.7. The second-order valence-electron chi connectivity index (χ2n) is 7.41. The molecule has 8 nitrogen and oxygen atoms in total. The van der Waals surface area contributed by atoms with Crippen LogP contribution in [0, 0.1) is 0 Å². The first-order valence-electron chi connectivity index (χ1n) is 10.5. The van der Waals surface area contributed by atoms with Crippen molar-refractivity contribution in [1.82, 2.24) is 9.88 Å². The number of amides is 1. The van der Waals surface area contributed by atoms with Crippen LogP contribution in [0.3, 0.4) is 0 Å². The van der Waals surface area contributed by atoms with Gasteiger partial charge < -0.3 is 19.5 Å². The SMILES string of the molecule is COC(=O)Oc1c(CNC(=O)c2ccc(OC)cc2)c(=O)c2ccc(Cl)cc2n1-c1ccccc1.